The van der Waals surface area contributed by atoms with Crippen LogP contribution in [0.5, 0.6) is 0 Å². The quantitative estimate of drug-likeness (QED) is 0.929. The van der Waals surface area contributed by atoms with E-state index in [9.17, 15) is 12.8 Å². The van der Waals surface area contributed by atoms with Crippen molar-refractivity contribution in [2.24, 2.45) is 0 Å². The summed E-state index contributed by atoms with van der Waals surface area (Å²) in [6, 6.07) is 9.40. The molecule has 2 aromatic rings. The normalized spacial score (nSPS) is 10.4. The van der Waals surface area contributed by atoms with Gasteiger partial charge in [-0.1, -0.05) is 6.07 Å². The SMILES string of the molecule is N#Cc1ccc(S(=O)(=O)Nc2cccc(F)c2C#N)cn1. The first-order valence-electron chi connectivity index (χ1n) is 5.55. The molecule has 1 aromatic heterocycles. The standard InChI is InChI=1S/C13H7FN4O2S/c14-12-2-1-3-13(11(12)7-16)18-21(19,20)10-5-4-9(6-15)17-8-10/h1-5,8,18H. The van der Waals surface area contributed by atoms with Crippen LogP contribution in [0.2, 0.25) is 0 Å². The fourth-order valence-electron chi connectivity index (χ4n) is 1.53. The van der Waals surface area contributed by atoms with Crippen LogP contribution < -0.4 is 4.72 Å². The van der Waals surface area contributed by atoms with Crippen molar-refractivity contribution in [3.63, 3.8) is 0 Å². The van der Waals surface area contributed by atoms with E-state index in [1.165, 1.54) is 24.3 Å². The molecule has 21 heavy (non-hydrogen) atoms. The molecule has 0 atom stereocenters. The number of rotatable bonds is 3. The molecule has 0 fully saturated rings. The van der Waals surface area contributed by atoms with E-state index in [1.54, 1.807) is 12.1 Å². The summed E-state index contributed by atoms with van der Waals surface area (Å²) in [7, 11) is -4.03. The Kier molecular flexibility index (Phi) is 3.83. The molecule has 2 rings (SSSR count). The zero-order chi connectivity index (χ0) is 15.5. The van der Waals surface area contributed by atoms with E-state index in [4.69, 9.17) is 10.5 Å². The van der Waals surface area contributed by atoms with Gasteiger partial charge in [-0.15, -0.1) is 0 Å². The van der Waals surface area contributed by atoms with Crippen LogP contribution in [0.15, 0.2) is 41.4 Å². The highest BCUT2D eigenvalue weighted by atomic mass is 32.2. The molecule has 0 aliphatic carbocycles. The summed E-state index contributed by atoms with van der Waals surface area (Å²) in [4.78, 5) is 3.45. The molecule has 0 aliphatic heterocycles. The van der Waals surface area contributed by atoms with E-state index in [-0.39, 0.29) is 16.3 Å². The molecule has 0 saturated carbocycles. The first-order chi connectivity index (χ1) is 9.97. The molecule has 0 radical (unpaired) electrons. The summed E-state index contributed by atoms with van der Waals surface area (Å²) >= 11 is 0. The highest BCUT2D eigenvalue weighted by molar-refractivity contribution is 7.92. The molecule has 1 N–H and O–H groups in total. The van der Waals surface area contributed by atoms with Crippen molar-refractivity contribution in [2.45, 2.75) is 4.90 Å². The maximum absolute atomic E-state index is 13.4. The van der Waals surface area contributed by atoms with Crippen LogP contribution >= 0.6 is 0 Å². The van der Waals surface area contributed by atoms with Gasteiger partial charge in [-0.05, 0) is 24.3 Å². The van der Waals surface area contributed by atoms with Gasteiger partial charge in [-0.2, -0.15) is 10.5 Å². The third-order valence-corrected chi connectivity index (χ3v) is 3.88. The van der Waals surface area contributed by atoms with Gasteiger partial charge < -0.3 is 0 Å². The van der Waals surface area contributed by atoms with Crippen molar-refractivity contribution >= 4 is 15.7 Å². The molecule has 0 saturated heterocycles. The Bertz CT molecular complexity index is 865. The number of nitriles is 2. The Labute approximate surface area is 120 Å². The van der Waals surface area contributed by atoms with Gasteiger partial charge in [0, 0.05) is 6.20 Å². The number of nitrogens with one attached hydrogen (secondary N) is 1. The van der Waals surface area contributed by atoms with E-state index in [2.05, 4.69) is 9.71 Å². The van der Waals surface area contributed by atoms with Crippen molar-refractivity contribution in [1.29, 1.82) is 10.5 Å². The highest BCUT2D eigenvalue weighted by Crippen LogP contribution is 2.21. The van der Waals surface area contributed by atoms with Crippen LogP contribution in [-0.2, 0) is 10.0 Å². The first kappa shape index (κ1) is 14.4. The molecule has 0 spiro atoms. The Morgan fingerprint density at radius 3 is 2.48 bits per heavy atom. The molecule has 1 aromatic carbocycles. The molecular weight excluding hydrogens is 295 g/mol. The van der Waals surface area contributed by atoms with E-state index >= 15 is 0 Å². The van der Waals surface area contributed by atoms with Crippen molar-refractivity contribution in [3.05, 3.63) is 53.6 Å². The Morgan fingerprint density at radius 1 is 1.14 bits per heavy atom. The monoisotopic (exact) mass is 302 g/mol. The van der Waals surface area contributed by atoms with Crippen LogP contribution in [0.25, 0.3) is 0 Å². The number of anilines is 1. The van der Waals surface area contributed by atoms with Crippen molar-refractivity contribution in [1.82, 2.24) is 4.98 Å². The predicted octanol–water partition coefficient (Wildman–Crippen LogP) is 1.76. The van der Waals surface area contributed by atoms with Crippen molar-refractivity contribution in [2.75, 3.05) is 4.72 Å². The minimum atomic E-state index is -4.03. The second-order valence-electron chi connectivity index (χ2n) is 3.87. The topological polar surface area (TPSA) is 107 Å². The minimum absolute atomic E-state index is 0.0671. The lowest BCUT2D eigenvalue weighted by atomic mass is 10.2. The molecular formula is C13H7FN4O2S. The van der Waals surface area contributed by atoms with Gasteiger partial charge in [0.05, 0.1) is 5.69 Å². The molecule has 104 valence electrons. The number of aromatic nitrogens is 1. The Balaban J connectivity index is 2.41. The first-order valence-corrected chi connectivity index (χ1v) is 7.04. The highest BCUT2D eigenvalue weighted by Gasteiger charge is 2.18. The maximum atomic E-state index is 13.4. The molecule has 0 aliphatic rings. The van der Waals surface area contributed by atoms with Crippen LogP contribution in [-0.4, -0.2) is 13.4 Å². The second-order valence-corrected chi connectivity index (χ2v) is 5.55. The number of sulfonamides is 1. The Morgan fingerprint density at radius 2 is 1.90 bits per heavy atom. The third kappa shape index (κ3) is 2.96. The number of hydrogen-bond acceptors (Lipinski definition) is 5. The number of pyridine rings is 1. The van der Waals surface area contributed by atoms with Crippen molar-refractivity contribution in [3.8, 4) is 12.1 Å². The van der Waals surface area contributed by atoms with Crippen molar-refractivity contribution < 1.29 is 12.8 Å². The van der Waals surface area contributed by atoms with Gasteiger partial charge in [0.2, 0.25) is 0 Å². The summed E-state index contributed by atoms with van der Waals surface area (Å²) < 4.78 is 39.8. The van der Waals surface area contributed by atoms with Crippen LogP contribution in [0.4, 0.5) is 10.1 Å². The predicted molar refractivity (Wildman–Crippen MR) is 70.9 cm³/mol. The minimum Gasteiger partial charge on any atom is -0.278 e. The summed E-state index contributed by atoms with van der Waals surface area (Å²) in [6.45, 7) is 0. The van der Waals surface area contributed by atoms with E-state index in [0.717, 1.165) is 12.3 Å². The van der Waals surface area contributed by atoms with Crippen LogP contribution in [0, 0.1) is 28.5 Å². The van der Waals surface area contributed by atoms with E-state index in [1.807, 2.05) is 0 Å². The smallest absolute Gasteiger partial charge is 0.263 e. The summed E-state index contributed by atoms with van der Waals surface area (Å²) in [5, 5.41) is 17.5. The molecule has 1 heterocycles. The molecule has 6 nitrogen and oxygen atoms in total. The number of halogens is 1. The Hall–Kier alpha value is -2.97. The molecule has 0 bridgehead atoms. The second kappa shape index (κ2) is 5.57. The third-order valence-electron chi connectivity index (χ3n) is 2.53. The largest absolute Gasteiger partial charge is 0.278 e. The average molecular weight is 302 g/mol. The molecule has 0 unspecified atom stereocenters. The number of nitrogens with zero attached hydrogens (tertiary/aromatic N) is 3. The number of benzene rings is 1. The summed E-state index contributed by atoms with van der Waals surface area (Å²) in [5.74, 6) is -0.823. The summed E-state index contributed by atoms with van der Waals surface area (Å²) in [6.07, 6.45) is 1.01. The summed E-state index contributed by atoms with van der Waals surface area (Å²) in [5.41, 5.74) is -0.498. The zero-order valence-corrected chi connectivity index (χ0v) is 11.2. The lowest BCUT2D eigenvalue weighted by molar-refractivity contribution is 0.600. The van der Waals surface area contributed by atoms with Gasteiger partial charge in [0.15, 0.2) is 0 Å². The van der Waals surface area contributed by atoms with Gasteiger partial charge in [-0.25, -0.2) is 17.8 Å². The fourth-order valence-corrected chi connectivity index (χ4v) is 2.55. The number of hydrogen-bond donors (Lipinski definition) is 1. The average Bonchev–Trinajstić information content (AvgIpc) is 2.47. The lowest BCUT2D eigenvalue weighted by Gasteiger charge is -2.09. The lowest BCUT2D eigenvalue weighted by Crippen LogP contribution is -2.14. The molecule has 8 heteroatoms. The zero-order valence-electron chi connectivity index (χ0n) is 10.4. The van der Waals surface area contributed by atoms with E-state index < -0.39 is 21.4 Å². The fraction of sp³-hybridized carbons (Fsp3) is 0. The van der Waals surface area contributed by atoms with E-state index in [0.29, 0.717) is 0 Å². The maximum Gasteiger partial charge on any atom is 0.263 e. The van der Waals surface area contributed by atoms with Gasteiger partial charge in [0.1, 0.15) is 34.1 Å². The molecule has 0 amide bonds. The van der Waals surface area contributed by atoms with Gasteiger partial charge in [-0.3, -0.25) is 4.72 Å². The van der Waals surface area contributed by atoms with Gasteiger partial charge in [0.25, 0.3) is 10.0 Å². The van der Waals surface area contributed by atoms with Crippen LogP contribution in [0.1, 0.15) is 11.3 Å². The van der Waals surface area contributed by atoms with Gasteiger partial charge >= 0.3 is 0 Å². The van der Waals surface area contributed by atoms with Crippen LogP contribution in [0.3, 0.4) is 0 Å².